The highest BCUT2D eigenvalue weighted by Gasteiger charge is 2.92. The Balaban J connectivity index is 1.73. The molecule has 4 rings (SSSR count). The molecule has 4 aliphatic rings. The van der Waals surface area contributed by atoms with Gasteiger partial charge < -0.3 is 18.9 Å². The van der Waals surface area contributed by atoms with Crippen LogP contribution in [0.2, 0.25) is 0 Å². The first-order chi connectivity index (χ1) is 10.3. The van der Waals surface area contributed by atoms with Crippen LogP contribution in [-0.4, -0.2) is 37.4 Å². The maximum Gasteiger partial charge on any atom is 0.318 e. The Kier molecular flexibility index (Phi) is 2.88. The number of methoxy groups -OCH3 is 1. The minimum absolute atomic E-state index is 0.0818. The molecule has 0 radical (unpaired) electrons. The minimum atomic E-state index is -0.834. The summed E-state index contributed by atoms with van der Waals surface area (Å²) in [7, 11) is 1.63. The third kappa shape index (κ3) is 1.35. The first kappa shape index (κ1) is 14.9. The minimum Gasteiger partial charge on any atom is -0.433 e. The Labute approximate surface area is 131 Å². The van der Waals surface area contributed by atoms with E-state index < -0.39 is 16.8 Å². The molecule has 3 saturated carbocycles. The van der Waals surface area contributed by atoms with Gasteiger partial charge in [0, 0.05) is 26.4 Å². The van der Waals surface area contributed by atoms with Crippen molar-refractivity contribution in [2.24, 2.45) is 16.7 Å². The number of esters is 1. The zero-order valence-corrected chi connectivity index (χ0v) is 13.9. The largest absolute Gasteiger partial charge is 0.433 e. The van der Waals surface area contributed by atoms with Crippen LogP contribution in [-0.2, 0) is 23.7 Å². The quantitative estimate of drug-likeness (QED) is 0.592. The summed E-state index contributed by atoms with van der Waals surface area (Å²) in [4.78, 5) is 12.9. The molecule has 0 bridgehead atoms. The summed E-state index contributed by atoms with van der Waals surface area (Å²) in [5.74, 6) is -0.544. The predicted molar refractivity (Wildman–Crippen MR) is 77.9 cm³/mol. The monoisotopic (exact) mass is 310 g/mol. The summed E-state index contributed by atoms with van der Waals surface area (Å²) in [6, 6.07) is 0. The molecule has 2 spiro atoms. The van der Waals surface area contributed by atoms with Gasteiger partial charge in [-0.25, -0.2) is 0 Å². The highest BCUT2D eigenvalue weighted by Crippen LogP contribution is 2.84. The number of carbonyl (C=O) groups is 1. The van der Waals surface area contributed by atoms with Crippen molar-refractivity contribution in [3.8, 4) is 0 Å². The maximum atomic E-state index is 12.9. The summed E-state index contributed by atoms with van der Waals surface area (Å²) >= 11 is 0. The van der Waals surface area contributed by atoms with Gasteiger partial charge in [0.1, 0.15) is 12.2 Å². The number of ether oxygens (including phenoxy) is 4. The molecule has 124 valence electrons. The fourth-order valence-corrected chi connectivity index (χ4v) is 6.37. The molecule has 4 fully saturated rings. The number of cyclic esters (lactones) is 1. The van der Waals surface area contributed by atoms with E-state index in [4.69, 9.17) is 18.9 Å². The van der Waals surface area contributed by atoms with Crippen LogP contribution in [0.15, 0.2) is 0 Å². The van der Waals surface area contributed by atoms with Crippen LogP contribution in [0, 0.1) is 16.7 Å². The first-order valence-corrected chi connectivity index (χ1v) is 8.38. The van der Waals surface area contributed by atoms with Crippen LogP contribution in [0.4, 0.5) is 0 Å². The summed E-state index contributed by atoms with van der Waals surface area (Å²) in [6.07, 6.45) is 5.27. The van der Waals surface area contributed by atoms with Gasteiger partial charge in [-0.15, -0.1) is 0 Å². The van der Waals surface area contributed by atoms with E-state index in [0.717, 1.165) is 19.3 Å². The molecule has 5 nitrogen and oxygen atoms in total. The Hall–Kier alpha value is -0.650. The van der Waals surface area contributed by atoms with Crippen LogP contribution in [0.3, 0.4) is 0 Å². The standard InChI is InChI=1S/C17H26O5/c1-14(2)21-13(18)17-9-12(20-10-19-4)16(17)8-6-5-7-11(16)15(17,3)22-14/h11-12H,5-10H2,1-4H3/t11-,12?,15+,16-,17+/m0/s1. The van der Waals surface area contributed by atoms with E-state index in [1.165, 1.54) is 6.42 Å². The Morgan fingerprint density at radius 3 is 2.77 bits per heavy atom. The molecule has 0 amide bonds. The van der Waals surface area contributed by atoms with Gasteiger partial charge in [0.15, 0.2) is 0 Å². The lowest BCUT2D eigenvalue weighted by atomic mass is 9.23. The topological polar surface area (TPSA) is 54.0 Å². The van der Waals surface area contributed by atoms with Crippen LogP contribution >= 0.6 is 0 Å². The molecule has 5 atom stereocenters. The van der Waals surface area contributed by atoms with Gasteiger partial charge in [-0.3, -0.25) is 4.79 Å². The molecule has 0 aromatic heterocycles. The van der Waals surface area contributed by atoms with Crippen LogP contribution in [0.1, 0.15) is 52.9 Å². The SMILES string of the molecule is COCOC1C[C@@]23C(=O)OC(C)(C)O[C@]2(C)[C@@H]2CCCC[C@@]123. The zero-order valence-electron chi connectivity index (χ0n) is 13.9. The van der Waals surface area contributed by atoms with E-state index in [1.54, 1.807) is 7.11 Å². The highest BCUT2D eigenvalue weighted by molar-refractivity contribution is 5.85. The third-order valence-corrected chi connectivity index (χ3v) is 6.86. The van der Waals surface area contributed by atoms with Gasteiger partial charge in [0.2, 0.25) is 5.79 Å². The normalized spacial score (nSPS) is 51.5. The molecule has 1 saturated heterocycles. The van der Waals surface area contributed by atoms with Gasteiger partial charge in [-0.1, -0.05) is 12.8 Å². The van der Waals surface area contributed by atoms with E-state index in [9.17, 15) is 4.79 Å². The summed E-state index contributed by atoms with van der Waals surface area (Å²) < 4.78 is 23.0. The highest BCUT2D eigenvalue weighted by atomic mass is 16.7. The first-order valence-electron chi connectivity index (χ1n) is 8.38. The van der Waals surface area contributed by atoms with Crippen molar-refractivity contribution in [2.75, 3.05) is 13.9 Å². The van der Waals surface area contributed by atoms with Crippen molar-refractivity contribution < 1.29 is 23.7 Å². The molecule has 0 aromatic carbocycles. The van der Waals surface area contributed by atoms with E-state index >= 15 is 0 Å². The predicted octanol–water partition coefficient (Wildman–Crippen LogP) is 2.62. The molecular formula is C17H26O5. The second-order valence-corrected chi connectivity index (χ2v) is 8.01. The number of fused-ring (bicyclic) bond motifs is 1. The molecule has 5 heteroatoms. The lowest BCUT2D eigenvalue weighted by molar-refractivity contribution is -0.476. The molecule has 1 unspecified atom stereocenters. The summed E-state index contributed by atoms with van der Waals surface area (Å²) in [5.41, 5.74) is -1.04. The van der Waals surface area contributed by atoms with Gasteiger partial charge in [-0.2, -0.15) is 0 Å². The third-order valence-electron chi connectivity index (χ3n) is 6.86. The molecule has 1 heterocycles. The average Bonchev–Trinajstić information content (AvgIpc) is 2.43. The number of hydrogen-bond acceptors (Lipinski definition) is 5. The molecule has 0 N–H and O–H groups in total. The van der Waals surface area contributed by atoms with Crippen molar-refractivity contribution in [3.05, 3.63) is 0 Å². The number of rotatable bonds is 3. The average molecular weight is 310 g/mol. The lowest BCUT2D eigenvalue weighted by Crippen LogP contribution is -2.92. The zero-order chi connectivity index (χ0) is 15.8. The Morgan fingerprint density at radius 2 is 2.05 bits per heavy atom. The molecular weight excluding hydrogens is 284 g/mol. The number of hydrogen-bond donors (Lipinski definition) is 0. The Bertz CT molecular complexity index is 517. The molecule has 22 heavy (non-hydrogen) atoms. The van der Waals surface area contributed by atoms with E-state index in [-0.39, 0.29) is 24.3 Å². The molecule has 3 aliphatic carbocycles. The van der Waals surface area contributed by atoms with Gasteiger partial charge in [0.05, 0.1) is 11.7 Å². The summed E-state index contributed by atoms with van der Waals surface area (Å²) in [6.45, 7) is 6.08. The van der Waals surface area contributed by atoms with Gasteiger partial charge in [-0.05, 0) is 32.1 Å². The summed E-state index contributed by atoms with van der Waals surface area (Å²) in [5, 5.41) is 0. The number of carbonyl (C=O) groups excluding carboxylic acids is 1. The van der Waals surface area contributed by atoms with Crippen LogP contribution < -0.4 is 0 Å². The van der Waals surface area contributed by atoms with Gasteiger partial charge >= 0.3 is 5.97 Å². The second kappa shape index (κ2) is 4.25. The van der Waals surface area contributed by atoms with E-state index in [2.05, 4.69) is 6.92 Å². The van der Waals surface area contributed by atoms with Crippen molar-refractivity contribution in [1.29, 1.82) is 0 Å². The smallest absolute Gasteiger partial charge is 0.318 e. The van der Waals surface area contributed by atoms with Crippen molar-refractivity contribution in [1.82, 2.24) is 0 Å². The van der Waals surface area contributed by atoms with Gasteiger partial charge in [0.25, 0.3) is 0 Å². The fraction of sp³-hybridized carbons (Fsp3) is 0.941. The fourth-order valence-electron chi connectivity index (χ4n) is 6.37. The lowest BCUT2D eigenvalue weighted by Gasteiger charge is -2.84. The molecule has 1 aliphatic heterocycles. The van der Waals surface area contributed by atoms with Crippen LogP contribution in [0.25, 0.3) is 0 Å². The molecule has 0 aromatic rings. The van der Waals surface area contributed by atoms with E-state index in [1.807, 2.05) is 13.8 Å². The van der Waals surface area contributed by atoms with Crippen molar-refractivity contribution >= 4 is 5.97 Å². The van der Waals surface area contributed by atoms with Crippen LogP contribution in [0.5, 0.6) is 0 Å². The van der Waals surface area contributed by atoms with E-state index in [0.29, 0.717) is 12.3 Å². The van der Waals surface area contributed by atoms with Crippen molar-refractivity contribution in [2.45, 2.75) is 70.4 Å². The Morgan fingerprint density at radius 1 is 1.27 bits per heavy atom. The maximum absolute atomic E-state index is 12.9. The second-order valence-electron chi connectivity index (χ2n) is 8.01. The van der Waals surface area contributed by atoms with Crippen molar-refractivity contribution in [3.63, 3.8) is 0 Å².